The summed E-state index contributed by atoms with van der Waals surface area (Å²) in [6, 6.07) is 14.6. The van der Waals surface area contributed by atoms with Gasteiger partial charge in [0.1, 0.15) is 5.69 Å². The van der Waals surface area contributed by atoms with E-state index in [9.17, 15) is 4.79 Å². The Morgan fingerprint density at radius 3 is 2.73 bits per heavy atom. The first-order valence-electron chi connectivity index (χ1n) is 12.9. The van der Waals surface area contributed by atoms with E-state index >= 15 is 0 Å². The minimum absolute atomic E-state index is 0.0239. The highest BCUT2D eigenvalue weighted by molar-refractivity contribution is 7.13. The van der Waals surface area contributed by atoms with E-state index in [-0.39, 0.29) is 18.1 Å². The molecule has 1 unspecified atom stereocenters. The molecule has 0 aliphatic carbocycles. The number of methoxy groups -OCH3 is 1. The highest BCUT2D eigenvalue weighted by atomic mass is 32.1. The summed E-state index contributed by atoms with van der Waals surface area (Å²) in [6.45, 7) is 5.54. The molecule has 190 valence electrons. The Hall–Kier alpha value is -3.58. The topological polar surface area (TPSA) is 56.6 Å². The summed E-state index contributed by atoms with van der Waals surface area (Å²) < 4.78 is 14.0. The standard InChI is InChI=1S/C30H31N3O3S/c1-19(2)36-27-17-22-20(15-26(27)35-3)10-13-32-25(16-23(29(22)32)28-9-6-14-37-28)30(34)33-12-5-8-24(33)21-7-4-11-31-18-21/h4,6-7,9,11,14-19,24H,5,8,10,12-13H2,1-3H3. The number of aromatic nitrogens is 2. The number of carbonyl (C=O) groups excluding carboxylic acids is 1. The van der Waals surface area contributed by atoms with Gasteiger partial charge in [0.25, 0.3) is 5.91 Å². The number of benzene rings is 1. The molecule has 1 aromatic carbocycles. The first-order valence-corrected chi connectivity index (χ1v) is 13.8. The van der Waals surface area contributed by atoms with Crippen molar-refractivity contribution in [1.29, 1.82) is 0 Å². The van der Waals surface area contributed by atoms with E-state index in [4.69, 9.17) is 9.47 Å². The van der Waals surface area contributed by atoms with Crippen LogP contribution in [0.25, 0.3) is 21.7 Å². The fourth-order valence-corrected chi connectivity index (χ4v) is 6.46. The quantitative estimate of drug-likeness (QED) is 0.291. The molecular formula is C30H31N3O3S. The van der Waals surface area contributed by atoms with E-state index in [1.54, 1.807) is 24.6 Å². The van der Waals surface area contributed by atoms with Crippen LogP contribution in [-0.4, -0.2) is 40.1 Å². The molecule has 0 saturated carbocycles. The second-order valence-electron chi connectivity index (χ2n) is 9.94. The van der Waals surface area contributed by atoms with E-state index in [2.05, 4.69) is 51.3 Å². The fourth-order valence-electron chi connectivity index (χ4n) is 5.71. The molecule has 6 rings (SSSR count). The van der Waals surface area contributed by atoms with E-state index in [0.717, 1.165) is 76.8 Å². The summed E-state index contributed by atoms with van der Waals surface area (Å²) in [5.74, 6) is 1.57. The number of amides is 1. The predicted octanol–water partition coefficient (Wildman–Crippen LogP) is 6.61. The molecule has 3 aromatic heterocycles. The largest absolute Gasteiger partial charge is 0.493 e. The molecule has 37 heavy (non-hydrogen) atoms. The number of nitrogens with zero attached hydrogens (tertiary/aromatic N) is 3. The summed E-state index contributed by atoms with van der Waals surface area (Å²) >= 11 is 1.70. The number of rotatable bonds is 6. The highest BCUT2D eigenvalue weighted by Gasteiger charge is 2.35. The molecule has 4 aromatic rings. The summed E-state index contributed by atoms with van der Waals surface area (Å²) in [6.07, 6.45) is 6.48. The average Bonchev–Trinajstić information content (AvgIpc) is 3.68. The molecule has 5 heterocycles. The van der Waals surface area contributed by atoms with Crippen molar-refractivity contribution in [3.8, 4) is 33.2 Å². The fraction of sp³-hybridized carbons (Fsp3) is 0.333. The molecule has 0 radical (unpaired) electrons. The van der Waals surface area contributed by atoms with Crippen molar-refractivity contribution in [3.05, 3.63) is 77.1 Å². The van der Waals surface area contributed by atoms with Crippen molar-refractivity contribution in [2.24, 2.45) is 0 Å². The van der Waals surface area contributed by atoms with Gasteiger partial charge >= 0.3 is 0 Å². The van der Waals surface area contributed by atoms with Gasteiger partial charge in [0, 0.05) is 41.5 Å². The lowest BCUT2D eigenvalue weighted by atomic mass is 9.95. The van der Waals surface area contributed by atoms with Crippen LogP contribution >= 0.6 is 11.3 Å². The number of hydrogen-bond acceptors (Lipinski definition) is 5. The second kappa shape index (κ2) is 9.71. The predicted molar refractivity (Wildman–Crippen MR) is 146 cm³/mol. The van der Waals surface area contributed by atoms with Crippen LogP contribution in [0.3, 0.4) is 0 Å². The molecule has 2 aliphatic rings. The van der Waals surface area contributed by atoms with Crippen molar-refractivity contribution in [1.82, 2.24) is 14.5 Å². The Morgan fingerprint density at radius 1 is 1.11 bits per heavy atom. The third kappa shape index (κ3) is 4.21. The van der Waals surface area contributed by atoms with E-state index < -0.39 is 0 Å². The zero-order valence-corrected chi connectivity index (χ0v) is 22.3. The molecule has 7 heteroatoms. The third-order valence-electron chi connectivity index (χ3n) is 7.30. The third-order valence-corrected chi connectivity index (χ3v) is 8.20. The van der Waals surface area contributed by atoms with Crippen LogP contribution in [0.2, 0.25) is 0 Å². The van der Waals surface area contributed by atoms with Crippen LogP contribution in [0.15, 0.2) is 60.2 Å². The Kier molecular flexibility index (Phi) is 6.24. The molecular weight excluding hydrogens is 482 g/mol. The molecule has 0 bridgehead atoms. The monoisotopic (exact) mass is 513 g/mol. The van der Waals surface area contributed by atoms with Crippen LogP contribution in [0.5, 0.6) is 11.5 Å². The Balaban J connectivity index is 1.48. The summed E-state index contributed by atoms with van der Waals surface area (Å²) in [4.78, 5) is 21.7. The minimum atomic E-state index is 0.0239. The van der Waals surface area contributed by atoms with Crippen LogP contribution in [-0.2, 0) is 13.0 Å². The Morgan fingerprint density at radius 2 is 2.00 bits per heavy atom. The number of aryl methyl sites for hydroxylation is 1. The molecule has 0 spiro atoms. The van der Waals surface area contributed by atoms with Gasteiger partial charge in [-0.15, -0.1) is 11.3 Å². The average molecular weight is 514 g/mol. The lowest BCUT2D eigenvalue weighted by Gasteiger charge is -2.28. The second-order valence-corrected chi connectivity index (χ2v) is 10.9. The number of thiophene rings is 1. The van der Waals surface area contributed by atoms with E-state index in [1.165, 1.54) is 5.56 Å². The normalized spacial score (nSPS) is 16.5. The van der Waals surface area contributed by atoms with Crippen molar-refractivity contribution >= 4 is 17.2 Å². The Bertz CT molecular complexity index is 1430. The van der Waals surface area contributed by atoms with Crippen LogP contribution in [0.1, 0.15) is 54.3 Å². The number of hydrogen-bond donors (Lipinski definition) is 0. The minimum Gasteiger partial charge on any atom is -0.493 e. The summed E-state index contributed by atoms with van der Waals surface area (Å²) in [7, 11) is 1.68. The maximum Gasteiger partial charge on any atom is 0.271 e. The first kappa shape index (κ1) is 23.8. The van der Waals surface area contributed by atoms with Gasteiger partial charge in [0.15, 0.2) is 11.5 Å². The van der Waals surface area contributed by atoms with Crippen molar-refractivity contribution < 1.29 is 14.3 Å². The molecule has 1 amide bonds. The van der Waals surface area contributed by atoms with Crippen molar-refractivity contribution in [2.75, 3.05) is 13.7 Å². The van der Waals surface area contributed by atoms with Gasteiger partial charge in [-0.25, -0.2) is 0 Å². The van der Waals surface area contributed by atoms with Gasteiger partial charge in [0.05, 0.1) is 24.9 Å². The maximum absolute atomic E-state index is 14.2. The number of ether oxygens (including phenoxy) is 2. The molecule has 1 atom stereocenters. The van der Waals surface area contributed by atoms with Gasteiger partial charge in [-0.2, -0.15) is 0 Å². The van der Waals surface area contributed by atoms with Crippen molar-refractivity contribution in [2.45, 2.75) is 51.8 Å². The Labute approximate surface area is 221 Å². The van der Waals surface area contributed by atoms with Gasteiger partial charge in [0.2, 0.25) is 0 Å². The van der Waals surface area contributed by atoms with Crippen LogP contribution < -0.4 is 9.47 Å². The molecule has 0 N–H and O–H groups in total. The van der Waals surface area contributed by atoms with Crippen LogP contribution in [0.4, 0.5) is 0 Å². The molecule has 1 saturated heterocycles. The van der Waals surface area contributed by atoms with Crippen molar-refractivity contribution in [3.63, 3.8) is 0 Å². The number of fused-ring (bicyclic) bond motifs is 3. The van der Waals surface area contributed by atoms with Gasteiger partial charge in [-0.1, -0.05) is 12.1 Å². The zero-order valence-electron chi connectivity index (χ0n) is 21.4. The lowest BCUT2D eigenvalue weighted by Crippen LogP contribution is -2.32. The van der Waals surface area contributed by atoms with Gasteiger partial charge in [-0.05, 0) is 79.9 Å². The SMILES string of the molecule is COc1cc2c(cc1OC(C)C)-c1c(-c3cccs3)cc(C(=O)N3CCCC3c3cccnc3)n1CC2. The number of pyridine rings is 1. The van der Waals surface area contributed by atoms with E-state index in [1.807, 2.05) is 31.0 Å². The molecule has 1 fully saturated rings. The molecule has 2 aliphatic heterocycles. The summed E-state index contributed by atoms with van der Waals surface area (Å²) in [5.41, 5.74) is 6.35. The van der Waals surface area contributed by atoms with Gasteiger partial charge in [-0.3, -0.25) is 9.78 Å². The zero-order chi connectivity index (χ0) is 25.5. The summed E-state index contributed by atoms with van der Waals surface area (Å²) in [5, 5.41) is 2.09. The molecule has 6 nitrogen and oxygen atoms in total. The smallest absolute Gasteiger partial charge is 0.271 e. The first-order chi connectivity index (χ1) is 18.0. The maximum atomic E-state index is 14.2. The lowest BCUT2D eigenvalue weighted by molar-refractivity contribution is 0.0724. The number of carbonyl (C=O) groups is 1. The highest BCUT2D eigenvalue weighted by Crippen LogP contribution is 2.46. The van der Waals surface area contributed by atoms with Crippen LogP contribution in [0, 0.1) is 0 Å². The number of likely N-dealkylation sites (tertiary alicyclic amines) is 1. The van der Waals surface area contributed by atoms with E-state index in [0.29, 0.717) is 0 Å². The van der Waals surface area contributed by atoms with Gasteiger partial charge < -0.3 is 18.9 Å².